The first-order valence-corrected chi connectivity index (χ1v) is 7.77. The van der Waals surface area contributed by atoms with Crippen molar-refractivity contribution >= 4 is 32.7 Å². The van der Waals surface area contributed by atoms with Crippen LogP contribution in [-0.2, 0) is 0 Å². The molecule has 0 atom stereocenters. The van der Waals surface area contributed by atoms with Crippen LogP contribution in [0.4, 0.5) is 0 Å². The lowest BCUT2D eigenvalue weighted by molar-refractivity contribution is 0.0950. The smallest absolute Gasteiger partial charge is 0.253 e. The molecule has 0 spiro atoms. The monoisotopic (exact) mass is 336 g/mol. The Morgan fingerprint density at radius 2 is 2.00 bits per heavy atom. The summed E-state index contributed by atoms with van der Waals surface area (Å²) >= 11 is 3.50. The van der Waals surface area contributed by atoms with E-state index < -0.39 is 0 Å². The zero-order chi connectivity index (χ0) is 14.9. The van der Waals surface area contributed by atoms with Gasteiger partial charge in [-0.1, -0.05) is 35.8 Å². The van der Waals surface area contributed by atoms with Gasteiger partial charge in [0.2, 0.25) is 0 Å². The van der Waals surface area contributed by atoms with Gasteiger partial charge in [-0.3, -0.25) is 4.79 Å². The fourth-order valence-electron chi connectivity index (χ4n) is 2.22. The number of carbonyl (C=O) groups is 1. The average Bonchev–Trinajstić information content (AvgIpc) is 2.74. The topological polar surface area (TPSA) is 34.0 Å². The lowest BCUT2D eigenvalue weighted by atomic mass is 10.1. The normalized spacial score (nSPS) is 11.6. The van der Waals surface area contributed by atoms with Crippen molar-refractivity contribution < 1.29 is 4.79 Å². The standard InChI is InChI=1S/C16H21BrN2O/c1-10(2)8-18-16(20)14-9-19(11(3)4)15-7-12(17)5-6-13(14)15/h5-7,9-11H,8H2,1-4H3,(H,18,20). The van der Waals surface area contributed by atoms with Crippen LogP contribution in [0.2, 0.25) is 0 Å². The number of rotatable bonds is 4. The van der Waals surface area contributed by atoms with Gasteiger partial charge in [-0.05, 0) is 31.9 Å². The molecule has 2 aromatic rings. The fraction of sp³-hybridized carbons (Fsp3) is 0.438. The maximum absolute atomic E-state index is 12.3. The average molecular weight is 337 g/mol. The highest BCUT2D eigenvalue weighted by molar-refractivity contribution is 9.10. The molecule has 0 saturated heterocycles. The Hall–Kier alpha value is -1.29. The van der Waals surface area contributed by atoms with Crippen molar-refractivity contribution in [1.29, 1.82) is 0 Å². The fourth-order valence-corrected chi connectivity index (χ4v) is 2.57. The molecule has 0 aliphatic carbocycles. The summed E-state index contributed by atoms with van der Waals surface area (Å²) in [4.78, 5) is 12.3. The van der Waals surface area contributed by atoms with Gasteiger partial charge in [0.05, 0.1) is 11.1 Å². The Morgan fingerprint density at radius 1 is 1.30 bits per heavy atom. The molecule has 1 N–H and O–H groups in total. The van der Waals surface area contributed by atoms with E-state index in [9.17, 15) is 4.79 Å². The molecule has 0 aliphatic rings. The van der Waals surface area contributed by atoms with Crippen LogP contribution in [0.5, 0.6) is 0 Å². The van der Waals surface area contributed by atoms with Crippen LogP contribution in [0.3, 0.4) is 0 Å². The number of carbonyl (C=O) groups excluding carboxylic acids is 1. The van der Waals surface area contributed by atoms with Gasteiger partial charge in [-0.25, -0.2) is 0 Å². The second-order valence-electron chi connectivity index (χ2n) is 5.81. The minimum Gasteiger partial charge on any atom is -0.352 e. The Balaban J connectivity index is 2.46. The van der Waals surface area contributed by atoms with Crippen molar-refractivity contribution in [1.82, 2.24) is 9.88 Å². The summed E-state index contributed by atoms with van der Waals surface area (Å²) in [5, 5.41) is 4.00. The summed E-state index contributed by atoms with van der Waals surface area (Å²) in [6.07, 6.45) is 1.96. The first kappa shape index (κ1) is 15.1. The zero-order valence-corrected chi connectivity index (χ0v) is 14.0. The van der Waals surface area contributed by atoms with E-state index in [0.29, 0.717) is 18.5 Å². The predicted octanol–water partition coefficient (Wildman–Crippen LogP) is 4.37. The van der Waals surface area contributed by atoms with E-state index in [1.165, 1.54) is 0 Å². The van der Waals surface area contributed by atoms with Crippen LogP contribution in [0.15, 0.2) is 28.9 Å². The highest BCUT2D eigenvalue weighted by atomic mass is 79.9. The van der Waals surface area contributed by atoms with Crippen molar-refractivity contribution in [2.75, 3.05) is 6.54 Å². The van der Waals surface area contributed by atoms with E-state index in [0.717, 1.165) is 20.9 Å². The van der Waals surface area contributed by atoms with Crippen LogP contribution in [0.25, 0.3) is 10.9 Å². The van der Waals surface area contributed by atoms with Crippen LogP contribution in [0.1, 0.15) is 44.1 Å². The van der Waals surface area contributed by atoms with E-state index in [4.69, 9.17) is 0 Å². The predicted molar refractivity (Wildman–Crippen MR) is 87.2 cm³/mol. The number of aromatic nitrogens is 1. The lowest BCUT2D eigenvalue weighted by Gasteiger charge is -2.08. The number of hydrogen-bond acceptors (Lipinski definition) is 1. The Labute approximate surface area is 128 Å². The minimum atomic E-state index is 0.00502. The van der Waals surface area contributed by atoms with Crippen molar-refractivity contribution in [3.05, 3.63) is 34.4 Å². The second kappa shape index (κ2) is 6.00. The van der Waals surface area contributed by atoms with Gasteiger partial charge >= 0.3 is 0 Å². The summed E-state index contributed by atoms with van der Waals surface area (Å²) in [5.74, 6) is 0.456. The van der Waals surface area contributed by atoms with Crippen LogP contribution >= 0.6 is 15.9 Å². The molecule has 0 bridgehead atoms. The third-order valence-corrected chi connectivity index (χ3v) is 3.76. The van der Waals surface area contributed by atoms with Crippen LogP contribution in [-0.4, -0.2) is 17.0 Å². The number of nitrogens with zero attached hydrogens (tertiary/aromatic N) is 1. The number of amides is 1. The molecule has 0 unspecified atom stereocenters. The molecule has 0 aliphatic heterocycles. The first-order valence-electron chi connectivity index (χ1n) is 6.98. The minimum absolute atomic E-state index is 0.00502. The van der Waals surface area contributed by atoms with Crippen LogP contribution in [0, 0.1) is 5.92 Å². The maximum Gasteiger partial charge on any atom is 0.253 e. The molecule has 0 fully saturated rings. The molecule has 1 heterocycles. The number of fused-ring (bicyclic) bond motifs is 1. The van der Waals surface area contributed by atoms with Crippen molar-refractivity contribution in [3.8, 4) is 0 Å². The Morgan fingerprint density at radius 3 is 2.60 bits per heavy atom. The van der Waals surface area contributed by atoms with Gasteiger partial charge < -0.3 is 9.88 Å². The summed E-state index contributed by atoms with van der Waals surface area (Å²) in [6, 6.07) is 6.36. The molecule has 2 rings (SSSR count). The molecular weight excluding hydrogens is 316 g/mol. The van der Waals surface area contributed by atoms with E-state index in [1.807, 2.05) is 18.3 Å². The summed E-state index contributed by atoms with van der Waals surface area (Å²) in [6.45, 7) is 9.12. The Bertz CT molecular complexity index is 629. The number of halogens is 1. The third-order valence-electron chi connectivity index (χ3n) is 3.27. The molecule has 0 saturated carbocycles. The van der Waals surface area contributed by atoms with Crippen molar-refractivity contribution in [2.24, 2.45) is 5.92 Å². The van der Waals surface area contributed by atoms with Crippen LogP contribution < -0.4 is 5.32 Å². The SMILES string of the molecule is CC(C)CNC(=O)c1cn(C(C)C)c2cc(Br)ccc12. The van der Waals surface area contributed by atoms with Crippen molar-refractivity contribution in [2.45, 2.75) is 33.7 Å². The number of hydrogen-bond donors (Lipinski definition) is 1. The lowest BCUT2D eigenvalue weighted by Crippen LogP contribution is -2.27. The van der Waals surface area contributed by atoms with E-state index in [1.54, 1.807) is 0 Å². The molecular formula is C16H21BrN2O. The highest BCUT2D eigenvalue weighted by Crippen LogP contribution is 2.27. The molecule has 4 heteroatoms. The van der Waals surface area contributed by atoms with Gasteiger partial charge in [0.15, 0.2) is 0 Å². The van der Waals surface area contributed by atoms with Crippen molar-refractivity contribution in [3.63, 3.8) is 0 Å². The molecule has 1 aromatic heterocycles. The molecule has 3 nitrogen and oxygen atoms in total. The highest BCUT2D eigenvalue weighted by Gasteiger charge is 2.16. The molecule has 108 valence electrons. The summed E-state index contributed by atoms with van der Waals surface area (Å²) in [7, 11) is 0. The zero-order valence-electron chi connectivity index (χ0n) is 12.4. The van der Waals surface area contributed by atoms with E-state index in [2.05, 4.69) is 59.6 Å². The van der Waals surface area contributed by atoms with Gasteiger partial charge in [-0.15, -0.1) is 0 Å². The maximum atomic E-state index is 12.3. The molecule has 20 heavy (non-hydrogen) atoms. The molecule has 0 radical (unpaired) electrons. The third kappa shape index (κ3) is 3.06. The second-order valence-corrected chi connectivity index (χ2v) is 6.72. The summed E-state index contributed by atoms with van der Waals surface area (Å²) in [5.41, 5.74) is 1.84. The first-order chi connectivity index (χ1) is 9.40. The quantitative estimate of drug-likeness (QED) is 0.883. The number of benzene rings is 1. The van der Waals surface area contributed by atoms with Gasteiger partial charge in [0.25, 0.3) is 5.91 Å². The molecule has 1 amide bonds. The number of nitrogens with one attached hydrogen (secondary N) is 1. The largest absolute Gasteiger partial charge is 0.352 e. The van der Waals surface area contributed by atoms with E-state index in [-0.39, 0.29) is 5.91 Å². The van der Waals surface area contributed by atoms with Gasteiger partial charge in [0.1, 0.15) is 0 Å². The Kier molecular flexibility index (Phi) is 4.53. The van der Waals surface area contributed by atoms with Gasteiger partial charge in [0, 0.05) is 28.6 Å². The van der Waals surface area contributed by atoms with Gasteiger partial charge in [-0.2, -0.15) is 0 Å². The molecule has 1 aromatic carbocycles. The van der Waals surface area contributed by atoms with E-state index >= 15 is 0 Å². The summed E-state index contributed by atoms with van der Waals surface area (Å²) < 4.78 is 3.17.